The number of hydrogen-bond acceptors (Lipinski definition) is 6. The van der Waals surface area contributed by atoms with Crippen LogP contribution in [0.15, 0.2) is 42.5 Å². The number of allylic oxidation sites excluding steroid dienone is 1. The smallest absolute Gasteiger partial charge is 0.313 e. The van der Waals surface area contributed by atoms with Crippen molar-refractivity contribution in [3.05, 3.63) is 53.6 Å². The van der Waals surface area contributed by atoms with Gasteiger partial charge in [0.2, 0.25) is 5.91 Å². The van der Waals surface area contributed by atoms with Gasteiger partial charge in [0.05, 0.1) is 30.8 Å². The Bertz CT molecular complexity index is 1210. The fraction of sp³-hybridized carbons (Fsp3) is 0.567. The molecule has 2 amide bonds. The summed E-state index contributed by atoms with van der Waals surface area (Å²) < 4.78 is 12.5. The monoisotopic (exact) mass is 522 g/mol. The Balaban J connectivity index is 1.71. The predicted molar refractivity (Wildman–Crippen MR) is 142 cm³/mol. The summed E-state index contributed by atoms with van der Waals surface area (Å²) in [7, 11) is 0. The predicted octanol–water partition coefficient (Wildman–Crippen LogP) is 3.09. The van der Waals surface area contributed by atoms with E-state index in [0.29, 0.717) is 13.0 Å². The van der Waals surface area contributed by atoms with Crippen LogP contribution in [0.2, 0.25) is 0 Å². The number of rotatable bonds is 4. The summed E-state index contributed by atoms with van der Waals surface area (Å²) in [6.45, 7) is 9.81. The molecule has 1 spiro atoms. The third-order valence-electron chi connectivity index (χ3n) is 8.66. The maximum Gasteiger partial charge on any atom is 0.313 e. The lowest BCUT2D eigenvalue weighted by Crippen LogP contribution is -2.59. The lowest BCUT2D eigenvalue weighted by molar-refractivity contribution is -0.160. The standard InChI is InChI=1S/C30H38N2O6/c1-18(2)22(17-33)32-25-27(35)31(21-16-19(3)10-11-20(21)4)14-9-13-30(25)23(26(32)34)24-28(36)37-15-8-6-7-12-29(24,5)38-30/h7,9-13,16,18,22-25,33H,6,8,14-15,17H2,1-5H3/b12-7-/t22-,23-,24+,25?,29-,30-/m0/s1. The normalized spacial score (nSPS) is 34.6. The van der Waals surface area contributed by atoms with E-state index in [0.717, 1.165) is 23.2 Å². The molecule has 0 aliphatic carbocycles. The number of anilines is 1. The fourth-order valence-electron chi connectivity index (χ4n) is 6.78. The molecule has 4 aliphatic heterocycles. The molecule has 1 aromatic carbocycles. The molecule has 0 bridgehead atoms. The Morgan fingerprint density at radius 1 is 1.08 bits per heavy atom. The molecule has 5 rings (SSSR count). The van der Waals surface area contributed by atoms with Crippen LogP contribution in [-0.2, 0) is 23.9 Å². The van der Waals surface area contributed by atoms with Crippen LogP contribution >= 0.6 is 0 Å². The summed E-state index contributed by atoms with van der Waals surface area (Å²) in [5.41, 5.74) is 0.208. The molecule has 6 atom stereocenters. The van der Waals surface area contributed by atoms with Crippen LogP contribution in [0.3, 0.4) is 0 Å². The van der Waals surface area contributed by atoms with E-state index in [4.69, 9.17) is 9.47 Å². The Hall–Kier alpha value is -2.97. The van der Waals surface area contributed by atoms with Crippen LogP contribution in [0.25, 0.3) is 0 Å². The van der Waals surface area contributed by atoms with Crippen molar-refractivity contribution >= 4 is 23.5 Å². The lowest BCUT2D eigenvalue weighted by Gasteiger charge is -2.41. The number of carbonyl (C=O) groups is 3. The topological polar surface area (TPSA) is 96.4 Å². The molecule has 0 saturated carbocycles. The van der Waals surface area contributed by atoms with Gasteiger partial charge in [-0.2, -0.15) is 0 Å². The molecule has 8 nitrogen and oxygen atoms in total. The second kappa shape index (κ2) is 9.65. The van der Waals surface area contributed by atoms with Gasteiger partial charge in [0, 0.05) is 12.2 Å². The van der Waals surface area contributed by atoms with Crippen molar-refractivity contribution in [1.82, 2.24) is 4.90 Å². The van der Waals surface area contributed by atoms with E-state index in [9.17, 15) is 19.5 Å². The van der Waals surface area contributed by atoms with E-state index in [1.165, 1.54) is 4.90 Å². The van der Waals surface area contributed by atoms with E-state index in [1.807, 2.05) is 70.2 Å². The first-order valence-electron chi connectivity index (χ1n) is 13.6. The first kappa shape index (κ1) is 26.6. The fourth-order valence-corrected chi connectivity index (χ4v) is 6.78. The minimum absolute atomic E-state index is 0.132. The molecule has 4 aliphatic rings. The minimum Gasteiger partial charge on any atom is -0.465 e. The minimum atomic E-state index is -1.38. The van der Waals surface area contributed by atoms with Gasteiger partial charge in [-0.3, -0.25) is 14.4 Å². The van der Waals surface area contributed by atoms with E-state index >= 15 is 0 Å². The van der Waals surface area contributed by atoms with Gasteiger partial charge in [0.15, 0.2) is 0 Å². The first-order valence-corrected chi connectivity index (χ1v) is 13.6. The van der Waals surface area contributed by atoms with Gasteiger partial charge in [-0.1, -0.05) is 50.3 Å². The molecule has 1 N–H and O–H groups in total. The van der Waals surface area contributed by atoms with E-state index < -0.39 is 41.1 Å². The first-order chi connectivity index (χ1) is 18.1. The molecule has 204 valence electrons. The number of aryl methyl sites for hydroxylation is 2. The van der Waals surface area contributed by atoms with Crippen molar-refractivity contribution < 1.29 is 29.0 Å². The molecule has 4 heterocycles. The van der Waals surface area contributed by atoms with Crippen molar-refractivity contribution in [2.24, 2.45) is 17.8 Å². The average molecular weight is 523 g/mol. The molecule has 1 aromatic rings. The zero-order valence-electron chi connectivity index (χ0n) is 22.8. The Morgan fingerprint density at radius 2 is 1.84 bits per heavy atom. The second-order valence-corrected chi connectivity index (χ2v) is 11.6. The summed E-state index contributed by atoms with van der Waals surface area (Å²) in [5, 5.41) is 10.4. The molecule has 38 heavy (non-hydrogen) atoms. The molecule has 1 unspecified atom stereocenters. The molecule has 0 radical (unpaired) electrons. The number of amides is 2. The number of carbonyl (C=O) groups excluding carboxylic acids is 3. The van der Waals surface area contributed by atoms with Gasteiger partial charge in [0.1, 0.15) is 17.6 Å². The van der Waals surface area contributed by atoms with Crippen LogP contribution in [0.5, 0.6) is 0 Å². The lowest BCUT2D eigenvalue weighted by atomic mass is 9.74. The van der Waals surface area contributed by atoms with Crippen molar-refractivity contribution in [2.75, 3.05) is 24.7 Å². The number of benzene rings is 1. The highest BCUT2D eigenvalue weighted by molar-refractivity contribution is 6.06. The Kier molecular flexibility index (Phi) is 6.76. The van der Waals surface area contributed by atoms with Crippen LogP contribution in [0.4, 0.5) is 5.69 Å². The highest BCUT2D eigenvalue weighted by Gasteiger charge is 2.75. The number of nitrogens with zero attached hydrogens (tertiary/aromatic N) is 2. The van der Waals surface area contributed by atoms with Crippen molar-refractivity contribution in [1.29, 1.82) is 0 Å². The zero-order valence-corrected chi connectivity index (χ0v) is 22.8. The van der Waals surface area contributed by atoms with E-state index in [-0.39, 0.29) is 30.9 Å². The quantitative estimate of drug-likeness (QED) is 0.482. The summed E-state index contributed by atoms with van der Waals surface area (Å²) in [6.07, 6.45) is 8.93. The number of hydrogen-bond donors (Lipinski definition) is 1. The molecule has 8 heteroatoms. The molecule has 2 saturated heterocycles. The Labute approximate surface area is 224 Å². The number of cyclic esters (lactones) is 1. The molecular formula is C30H38N2O6. The van der Waals surface area contributed by atoms with Crippen molar-refractivity contribution in [3.63, 3.8) is 0 Å². The Morgan fingerprint density at radius 3 is 2.55 bits per heavy atom. The summed E-state index contributed by atoms with van der Waals surface area (Å²) in [4.78, 5) is 45.7. The highest BCUT2D eigenvalue weighted by Crippen LogP contribution is 2.58. The summed E-state index contributed by atoms with van der Waals surface area (Å²) in [6, 6.07) is 4.28. The zero-order chi connectivity index (χ0) is 27.4. The number of fused-ring (bicyclic) bond motifs is 2. The maximum atomic E-state index is 14.6. The number of aliphatic hydroxyl groups excluding tert-OH is 1. The average Bonchev–Trinajstić information content (AvgIpc) is 3.21. The van der Waals surface area contributed by atoms with E-state index in [1.54, 1.807) is 11.8 Å². The molecule has 2 fully saturated rings. The van der Waals surface area contributed by atoms with Crippen LogP contribution < -0.4 is 4.90 Å². The highest BCUT2D eigenvalue weighted by atomic mass is 16.6. The van der Waals surface area contributed by atoms with Gasteiger partial charge in [-0.15, -0.1) is 0 Å². The number of likely N-dealkylation sites (tertiary alicyclic amines) is 1. The van der Waals surface area contributed by atoms with Gasteiger partial charge in [0.25, 0.3) is 5.91 Å². The molecule has 0 aromatic heterocycles. The van der Waals surface area contributed by atoms with Gasteiger partial charge in [-0.25, -0.2) is 0 Å². The van der Waals surface area contributed by atoms with Crippen LogP contribution in [0, 0.1) is 31.6 Å². The maximum absolute atomic E-state index is 14.6. The summed E-state index contributed by atoms with van der Waals surface area (Å²) in [5.74, 6) is -3.15. The van der Waals surface area contributed by atoms with Gasteiger partial charge < -0.3 is 24.4 Å². The van der Waals surface area contributed by atoms with Crippen LogP contribution in [-0.4, -0.2) is 70.8 Å². The van der Waals surface area contributed by atoms with E-state index in [2.05, 4.69) is 0 Å². The SMILES string of the molecule is Cc1ccc(C)c(N2CC=C[C@]34O[C@@]5(C)/C=C\CCCOC(=O)[C@H]5[C@H]3C(=O)N([C@@H](CO)C(C)C)C4C2=O)c1. The van der Waals surface area contributed by atoms with Crippen LogP contribution in [0.1, 0.15) is 44.7 Å². The third-order valence-corrected chi connectivity index (χ3v) is 8.66. The van der Waals surface area contributed by atoms with Crippen molar-refractivity contribution in [3.8, 4) is 0 Å². The third kappa shape index (κ3) is 3.92. The molecular weight excluding hydrogens is 484 g/mol. The number of esters is 1. The summed E-state index contributed by atoms with van der Waals surface area (Å²) >= 11 is 0. The van der Waals surface area contributed by atoms with Gasteiger partial charge >= 0.3 is 5.97 Å². The van der Waals surface area contributed by atoms with Gasteiger partial charge in [-0.05, 0) is 56.7 Å². The largest absolute Gasteiger partial charge is 0.465 e. The second-order valence-electron chi connectivity index (χ2n) is 11.6. The number of ether oxygens (including phenoxy) is 2. The number of aliphatic hydroxyl groups is 1. The van der Waals surface area contributed by atoms with Crippen molar-refractivity contribution in [2.45, 2.75) is 70.7 Å².